The first-order valence-corrected chi connectivity index (χ1v) is 25.6. The van der Waals surface area contributed by atoms with Crippen LogP contribution in [-0.2, 0) is 33.1 Å². The first kappa shape index (κ1) is 57.6. The fraction of sp³-hybridized carbons (Fsp3) is 0.115. The van der Waals surface area contributed by atoms with Crippen molar-refractivity contribution >= 4 is 149 Å². The van der Waals surface area contributed by atoms with Crippen LogP contribution in [0.3, 0.4) is 0 Å². The summed E-state index contributed by atoms with van der Waals surface area (Å²) in [4.78, 5) is 24.7. The number of nitrogens with zero attached hydrogens (tertiary/aromatic N) is 4. The molecule has 0 saturated heterocycles. The Morgan fingerprint density at radius 3 is 1.47 bits per heavy atom. The number of phenols is 1. The van der Waals surface area contributed by atoms with Gasteiger partial charge in [0.25, 0.3) is 21.9 Å². The minimum Gasteiger partial charge on any atom is -0.870 e. The van der Waals surface area contributed by atoms with E-state index in [4.69, 9.17) is 32.7 Å². The number of ether oxygens (including phenoxy) is 2. The van der Waals surface area contributed by atoms with Gasteiger partial charge in [0.1, 0.15) is 48.5 Å². The van der Waals surface area contributed by atoms with Crippen molar-refractivity contribution in [3.05, 3.63) is 166 Å². The van der Waals surface area contributed by atoms with Crippen LogP contribution in [-0.4, -0.2) is 94.8 Å². The van der Waals surface area contributed by atoms with Gasteiger partial charge in [-0.3, -0.25) is 14.1 Å². The molecule has 23 heteroatoms. The SMILES string of the molecule is CCc1cc(Cl)c(S(=O)(=O)O)c(N=Nc2c(O)c(C(=O)Nc3ccc(OC)cc3)cc3ccccc23)c1.CCc1cc(Cl)c(S(=O)(=O)[O-])c(N=Nc2c([O-])c(C(=O)Nc3ccc(OC)cc3)cc3ccccc23)c1.[Ca+2]. The number of aryl methyl sites for hydroxylation is 2. The molecule has 0 radical (unpaired) electrons. The molecule has 0 aliphatic heterocycles. The Labute approximate surface area is 470 Å². The monoisotopic (exact) mass is 1120 g/mol. The smallest absolute Gasteiger partial charge is 0.870 e. The third-order valence-electron chi connectivity index (χ3n) is 11.2. The number of hydrogen-bond donors (Lipinski definition) is 4. The van der Waals surface area contributed by atoms with Crippen molar-refractivity contribution in [2.75, 3.05) is 24.9 Å². The van der Waals surface area contributed by atoms with Crippen LogP contribution in [0.15, 0.2) is 164 Å². The van der Waals surface area contributed by atoms with Crippen LogP contribution < -0.4 is 25.2 Å². The molecule has 0 fully saturated rings. The largest absolute Gasteiger partial charge is 2.00 e. The van der Waals surface area contributed by atoms with Crippen molar-refractivity contribution in [1.82, 2.24) is 0 Å². The molecule has 0 saturated carbocycles. The molecule has 0 aromatic heterocycles. The topological polar surface area (TPSA) is 281 Å². The fourth-order valence-corrected chi connectivity index (χ4v) is 9.82. The molecule has 8 aromatic rings. The van der Waals surface area contributed by atoms with Crippen molar-refractivity contribution in [3.8, 4) is 23.0 Å². The molecule has 0 aliphatic carbocycles. The maximum absolute atomic E-state index is 13.4. The average molecular weight is 1120 g/mol. The van der Waals surface area contributed by atoms with Gasteiger partial charge in [0.2, 0.25) is 0 Å². The molecule has 4 N–H and O–H groups in total. The van der Waals surface area contributed by atoms with Gasteiger partial charge in [-0.15, -0.1) is 15.3 Å². The molecule has 0 unspecified atom stereocenters. The molecule has 8 aromatic carbocycles. The van der Waals surface area contributed by atoms with Crippen LogP contribution in [0.4, 0.5) is 34.1 Å². The fourth-order valence-electron chi connectivity index (χ4n) is 7.45. The standard InChI is InChI=1S/2C26H22ClN3O6S.Ca/c2*1-3-15-12-21(27)25(37(33,34)35)22(13-15)29-30-23-19-7-5-4-6-16(19)14-20(24(23)31)26(32)28-17-8-10-18(36-2)11-9-17;/h2*4-14,31H,3H2,1-2H3,(H,28,32)(H,33,34,35);/q;;+2/p-2. The van der Waals surface area contributed by atoms with Crippen molar-refractivity contribution in [2.24, 2.45) is 20.5 Å². The minimum absolute atomic E-state index is 0. The van der Waals surface area contributed by atoms with E-state index in [0.717, 1.165) is 0 Å². The van der Waals surface area contributed by atoms with Gasteiger partial charge in [-0.05, 0) is 120 Å². The summed E-state index contributed by atoms with van der Waals surface area (Å²) >= 11 is 12.2. The van der Waals surface area contributed by atoms with E-state index in [1.165, 1.54) is 50.6 Å². The summed E-state index contributed by atoms with van der Waals surface area (Å²) in [5, 5.41) is 47.4. The van der Waals surface area contributed by atoms with Crippen LogP contribution >= 0.6 is 23.2 Å². The summed E-state index contributed by atoms with van der Waals surface area (Å²) in [7, 11) is -6.67. The van der Waals surface area contributed by atoms with Crippen LogP contribution in [0.5, 0.6) is 23.0 Å². The third-order valence-corrected chi connectivity index (χ3v) is 13.9. The van der Waals surface area contributed by atoms with E-state index in [1.54, 1.807) is 97.1 Å². The summed E-state index contributed by atoms with van der Waals surface area (Å²) in [6.07, 6.45) is 1.00. The number of azo groups is 2. The second-order valence-corrected chi connectivity index (χ2v) is 19.4. The normalized spacial score (nSPS) is 11.5. The van der Waals surface area contributed by atoms with E-state index >= 15 is 0 Å². The van der Waals surface area contributed by atoms with Crippen LogP contribution in [0.2, 0.25) is 10.0 Å². The van der Waals surface area contributed by atoms with E-state index in [1.807, 2.05) is 13.8 Å². The number of phenolic OH excluding ortho intramolecular Hbond substituents is 1. The molecule has 0 aliphatic rings. The molecule has 0 heterocycles. The number of carbonyl (C=O) groups excluding carboxylic acids is 2. The summed E-state index contributed by atoms with van der Waals surface area (Å²) in [5.74, 6) is -1.23. The van der Waals surface area contributed by atoms with Gasteiger partial charge in [-0.25, -0.2) is 8.42 Å². The zero-order valence-electron chi connectivity index (χ0n) is 40.2. The van der Waals surface area contributed by atoms with Gasteiger partial charge in [-0.2, -0.15) is 13.5 Å². The van der Waals surface area contributed by atoms with E-state index in [-0.39, 0.29) is 81.7 Å². The van der Waals surface area contributed by atoms with Crippen molar-refractivity contribution in [2.45, 2.75) is 36.5 Å². The van der Waals surface area contributed by atoms with Gasteiger partial charge < -0.3 is 34.9 Å². The number of benzene rings is 8. The van der Waals surface area contributed by atoms with Crippen molar-refractivity contribution < 1.29 is 55.2 Å². The number of methoxy groups -OCH3 is 2. The van der Waals surface area contributed by atoms with Crippen molar-refractivity contribution in [1.29, 1.82) is 0 Å². The molecule has 0 atom stereocenters. The van der Waals surface area contributed by atoms with Gasteiger partial charge in [0, 0.05) is 27.7 Å². The molecular weight excluding hydrogens is 1080 g/mol. The predicted molar refractivity (Wildman–Crippen MR) is 284 cm³/mol. The van der Waals surface area contributed by atoms with Crippen LogP contribution in [0.25, 0.3) is 21.5 Å². The predicted octanol–water partition coefficient (Wildman–Crippen LogP) is 12.0. The number of aromatic hydroxyl groups is 1. The zero-order valence-corrected chi connectivity index (χ0v) is 45.5. The van der Waals surface area contributed by atoms with Crippen molar-refractivity contribution in [3.63, 3.8) is 0 Å². The number of rotatable bonds is 14. The minimum atomic E-state index is -4.99. The maximum Gasteiger partial charge on any atom is 2.00 e. The number of nitrogens with one attached hydrogen (secondary N) is 2. The van der Waals surface area contributed by atoms with E-state index in [0.29, 0.717) is 68.4 Å². The number of hydrogen-bond acceptors (Lipinski definition) is 15. The molecule has 18 nitrogen and oxygen atoms in total. The zero-order chi connectivity index (χ0) is 53.5. The first-order valence-electron chi connectivity index (χ1n) is 22.0. The van der Waals surface area contributed by atoms with Gasteiger partial charge in [-0.1, -0.05) is 91.3 Å². The summed E-state index contributed by atoms with van der Waals surface area (Å²) in [6.45, 7) is 3.65. The molecular formula is C52H42CaCl2N6O12S2. The number of amides is 2. The van der Waals surface area contributed by atoms with E-state index in [2.05, 4.69) is 31.1 Å². The second kappa shape index (κ2) is 24.7. The average Bonchev–Trinajstić information content (AvgIpc) is 3.37. The number of halogens is 2. The second-order valence-electron chi connectivity index (χ2n) is 15.9. The Hall–Kier alpha value is -6.72. The van der Waals surface area contributed by atoms with E-state index < -0.39 is 53.3 Å². The van der Waals surface area contributed by atoms with Gasteiger partial charge in [0.15, 0.2) is 5.75 Å². The van der Waals surface area contributed by atoms with Crippen LogP contribution in [0, 0.1) is 0 Å². The molecule has 8 rings (SSSR count). The van der Waals surface area contributed by atoms with Gasteiger partial charge >= 0.3 is 37.7 Å². The van der Waals surface area contributed by atoms with Gasteiger partial charge in [0.05, 0.1) is 35.5 Å². The molecule has 75 heavy (non-hydrogen) atoms. The summed E-state index contributed by atoms with van der Waals surface area (Å²) < 4.78 is 79.5. The maximum atomic E-state index is 13.4. The Bertz CT molecular complexity index is 3530. The first-order chi connectivity index (χ1) is 35.2. The molecule has 0 bridgehead atoms. The summed E-state index contributed by atoms with van der Waals surface area (Å²) in [5.41, 5.74) is 1.18. The number of fused-ring (bicyclic) bond motifs is 2. The summed E-state index contributed by atoms with van der Waals surface area (Å²) in [6, 6.07) is 35.4. The van der Waals surface area contributed by atoms with E-state index in [9.17, 15) is 45.7 Å². The Balaban J connectivity index is 0.000000241. The number of anilines is 2. The third kappa shape index (κ3) is 13.6. The Kier molecular flexibility index (Phi) is 19.0. The van der Waals surface area contributed by atoms with Crippen LogP contribution in [0.1, 0.15) is 45.7 Å². The number of carbonyl (C=O) groups is 2. The Morgan fingerprint density at radius 1 is 0.600 bits per heavy atom. The molecule has 0 spiro atoms. The molecule has 380 valence electrons. The quantitative estimate of drug-likeness (QED) is 0.0449. The molecule has 2 amide bonds. The Morgan fingerprint density at radius 2 is 1.01 bits per heavy atom.